The normalized spacial score (nSPS) is 10.5. The van der Waals surface area contributed by atoms with Gasteiger partial charge in [0, 0.05) is 11.3 Å². The maximum absolute atomic E-state index is 12.5. The summed E-state index contributed by atoms with van der Waals surface area (Å²) in [6.07, 6.45) is 0.912. The van der Waals surface area contributed by atoms with Crippen LogP contribution in [0.3, 0.4) is 0 Å². The van der Waals surface area contributed by atoms with E-state index in [2.05, 4.69) is 19.2 Å². The number of carbonyl (C=O) groups is 2. The van der Waals surface area contributed by atoms with Crippen LogP contribution in [0.1, 0.15) is 30.6 Å². The first-order valence-electron chi connectivity index (χ1n) is 10.9. The minimum atomic E-state index is -0.617. The van der Waals surface area contributed by atoms with Crippen LogP contribution >= 0.6 is 0 Å². The van der Waals surface area contributed by atoms with Gasteiger partial charge < -0.3 is 19.5 Å². The van der Waals surface area contributed by atoms with Crippen molar-refractivity contribution in [1.29, 1.82) is 0 Å². The van der Waals surface area contributed by atoms with Gasteiger partial charge in [0.2, 0.25) is 0 Å². The molecule has 0 aliphatic heterocycles. The Hall–Kier alpha value is -3.80. The van der Waals surface area contributed by atoms with E-state index in [-0.39, 0.29) is 5.56 Å². The number of esters is 1. The maximum atomic E-state index is 12.5. The topological polar surface area (TPSA) is 73.9 Å². The van der Waals surface area contributed by atoms with Gasteiger partial charge in [0.05, 0.1) is 19.3 Å². The Morgan fingerprint density at radius 2 is 1.64 bits per heavy atom. The minimum absolute atomic E-state index is 0.278. The van der Waals surface area contributed by atoms with E-state index in [1.165, 1.54) is 7.11 Å². The fourth-order valence-electron chi connectivity index (χ4n) is 3.18. The first-order valence-corrected chi connectivity index (χ1v) is 10.9. The lowest BCUT2D eigenvalue weighted by Gasteiger charge is -2.13. The molecule has 0 saturated heterocycles. The van der Waals surface area contributed by atoms with E-state index < -0.39 is 18.5 Å². The van der Waals surface area contributed by atoms with Crippen molar-refractivity contribution in [3.05, 3.63) is 78.4 Å². The van der Waals surface area contributed by atoms with Crippen LogP contribution < -0.4 is 14.8 Å². The van der Waals surface area contributed by atoms with Crippen LogP contribution in [0.25, 0.3) is 11.1 Å². The maximum Gasteiger partial charge on any atom is 0.338 e. The molecule has 6 nitrogen and oxygen atoms in total. The molecule has 33 heavy (non-hydrogen) atoms. The van der Waals surface area contributed by atoms with E-state index in [9.17, 15) is 9.59 Å². The molecule has 0 bridgehead atoms. The minimum Gasteiger partial charge on any atom is -0.493 e. The SMILES string of the molecule is COc1cc(C(=O)OCC(=O)Nc2ccccc2-c2ccccc2)ccc1OCCC(C)C. The van der Waals surface area contributed by atoms with Gasteiger partial charge in [-0.1, -0.05) is 62.4 Å². The second kappa shape index (κ2) is 11.7. The molecule has 0 saturated carbocycles. The second-order valence-corrected chi connectivity index (χ2v) is 7.93. The number of anilines is 1. The number of para-hydroxylation sites is 1. The van der Waals surface area contributed by atoms with Crippen LogP contribution in [0.15, 0.2) is 72.8 Å². The molecule has 6 heteroatoms. The van der Waals surface area contributed by atoms with Crippen LogP contribution in [0, 0.1) is 5.92 Å². The third-order valence-corrected chi connectivity index (χ3v) is 4.97. The Morgan fingerprint density at radius 3 is 2.36 bits per heavy atom. The molecule has 1 amide bonds. The van der Waals surface area contributed by atoms with Gasteiger partial charge in [-0.3, -0.25) is 4.79 Å². The molecule has 0 aliphatic rings. The van der Waals surface area contributed by atoms with Crippen molar-refractivity contribution in [1.82, 2.24) is 0 Å². The summed E-state index contributed by atoms with van der Waals surface area (Å²) in [5, 5.41) is 2.82. The number of rotatable bonds is 10. The monoisotopic (exact) mass is 447 g/mol. The quantitative estimate of drug-likeness (QED) is 0.411. The Balaban J connectivity index is 1.59. The summed E-state index contributed by atoms with van der Waals surface area (Å²) in [5.74, 6) is 0.483. The zero-order chi connectivity index (χ0) is 23.6. The molecular formula is C27H29NO5. The van der Waals surface area contributed by atoms with Crippen molar-refractivity contribution in [2.45, 2.75) is 20.3 Å². The fourth-order valence-corrected chi connectivity index (χ4v) is 3.18. The van der Waals surface area contributed by atoms with Crippen molar-refractivity contribution >= 4 is 17.6 Å². The van der Waals surface area contributed by atoms with Crippen molar-refractivity contribution in [3.63, 3.8) is 0 Å². The summed E-state index contributed by atoms with van der Waals surface area (Å²) in [7, 11) is 1.51. The average Bonchev–Trinajstić information content (AvgIpc) is 2.83. The molecule has 0 unspecified atom stereocenters. The molecular weight excluding hydrogens is 418 g/mol. The summed E-state index contributed by atoms with van der Waals surface area (Å²) < 4.78 is 16.3. The summed E-state index contributed by atoms with van der Waals surface area (Å²) in [5.41, 5.74) is 2.79. The molecule has 172 valence electrons. The summed E-state index contributed by atoms with van der Waals surface area (Å²) in [4.78, 5) is 24.9. The molecule has 0 fully saturated rings. The van der Waals surface area contributed by atoms with Gasteiger partial charge in [-0.25, -0.2) is 4.79 Å². The molecule has 0 spiro atoms. The Kier molecular flexibility index (Phi) is 8.47. The third kappa shape index (κ3) is 6.84. The van der Waals surface area contributed by atoms with Gasteiger partial charge >= 0.3 is 5.97 Å². The second-order valence-electron chi connectivity index (χ2n) is 7.93. The first kappa shape index (κ1) is 23.9. The molecule has 1 N–H and O–H groups in total. The standard InChI is InChI=1S/C27H29NO5/c1-19(2)15-16-32-24-14-13-21(17-25(24)31-3)27(30)33-18-26(29)28-23-12-8-7-11-22(23)20-9-5-4-6-10-20/h4-14,17,19H,15-16,18H2,1-3H3,(H,28,29). The van der Waals surface area contributed by atoms with Gasteiger partial charge in [-0.05, 0) is 42.2 Å². The van der Waals surface area contributed by atoms with E-state index in [0.29, 0.717) is 29.7 Å². The molecule has 0 heterocycles. The van der Waals surface area contributed by atoms with E-state index in [1.807, 2.05) is 54.6 Å². The van der Waals surface area contributed by atoms with Crippen molar-refractivity contribution in [2.75, 3.05) is 25.6 Å². The highest BCUT2D eigenvalue weighted by Crippen LogP contribution is 2.29. The van der Waals surface area contributed by atoms with Gasteiger partial charge in [0.15, 0.2) is 18.1 Å². The van der Waals surface area contributed by atoms with Crippen LogP contribution in [0.4, 0.5) is 5.69 Å². The molecule has 0 aromatic heterocycles. The van der Waals surface area contributed by atoms with Crippen molar-refractivity contribution in [2.24, 2.45) is 5.92 Å². The lowest BCUT2D eigenvalue weighted by Crippen LogP contribution is -2.21. The van der Waals surface area contributed by atoms with E-state index in [4.69, 9.17) is 14.2 Å². The van der Waals surface area contributed by atoms with Gasteiger partial charge in [0.25, 0.3) is 5.91 Å². The van der Waals surface area contributed by atoms with E-state index in [1.54, 1.807) is 18.2 Å². The number of hydrogen-bond donors (Lipinski definition) is 1. The highest BCUT2D eigenvalue weighted by molar-refractivity contribution is 5.98. The van der Waals surface area contributed by atoms with Gasteiger partial charge in [-0.15, -0.1) is 0 Å². The zero-order valence-corrected chi connectivity index (χ0v) is 19.2. The number of nitrogens with one attached hydrogen (secondary N) is 1. The van der Waals surface area contributed by atoms with Crippen LogP contribution in [-0.4, -0.2) is 32.2 Å². The Bertz CT molecular complexity index is 1080. The van der Waals surface area contributed by atoms with Crippen LogP contribution in [0.5, 0.6) is 11.5 Å². The smallest absolute Gasteiger partial charge is 0.338 e. The van der Waals surface area contributed by atoms with E-state index in [0.717, 1.165) is 17.5 Å². The number of benzene rings is 3. The van der Waals surface area contributed by atoms with E-state index >= 15 is 0 Å². The van der Waals surface area contributed by atoms with Crippen molar-refractivity contribution < 1.29 is 23.8 Å². The summed E-state index contributed by atoms with van der Waals surface area (Å²) in [6.45, 7) is 4.39. The zero-order valence-electron chi connectivity index (χ0n) is 19.2. The predicted molar refractivity (Wildman–Crippen MR) is 129 cm³/mol. The van der Waals surface area contributed by atoms with Crippen LogP contribution in [0.2, 0.25) is 0 Å². The molecule has 3 aromatic carbocycles. The summed E-state index contributed by atoms with van der Waals surface area (Å²) >= 11 is 0. The molecule has 0 atom stereocenters. The van der Waals surface area contributed by atoms with Crippen LogP contribution in [-0.2, 0) is 9.53 Å². The number of amides is 1. The Labute approximate surface area is 194 Å². The van der Waals surface area contributed by atoms with Gasteiger partial charge in [0.1, 0.15) is 0 Å². The summed E-state index contributed by atoms with van der Waals surface area (Å²) in [6, 6.07) is 22.0. The third-order valence-electron chi connectivity index (χ3n) is 4.97. The average molecular weight is 448 g/mol. The number of ether oxygens (including phenoxy) is 3. The van der Waals surface area contributed by atoms with Gasteiger partial charge in [-0.2, -0.15) is 0 Å². The highest BCUT2D eigenvalue weighted by Gasteiger charge is 2.15. The number of methoxy groups -OCH3 is 1. The molecule has 3 rings (SSSR count). The molecule has 0 aliphatic carbocycles. The highest BCUT2D eigenvalue weighted by atomic mass is 16.5. The first-order chi connectivity index (χ1) is 16.0. The fraction of sp³-hybridized carbons (Fsp3) is 0.259. The number of hydrogen-bond acceptors (Lipinski definition) is 5. The largest absolute Gasteiger partial charge is 0.493 e. The molecule has 3 aromatic rings. The lowest BCUT2D eigenvalue weighted by molar-refractivity contribution is -0.119. The predicted octanol–water partition coefficient (Wildman–Crippen LogP) is 5.58. The lowest BCUT2D eigenvalue weighted by atomic mass is 10.0. The Morgan fingerprint density at radius 1 is 0.909 bits per heavy atom. The van der Waals surface area contributed by atoms with Crippen molar-refractivity contribution in [3.8, 4) is 22.6 Å². The number of carbonyl (C=O) groups excluding carboxylic acids is 2. The molecule has 0 radical (unpaired) electrons.